The molecule has 0 unspecified atom stereocenters. The standard InChI is InChI=1S/C22H15NO4S2/c24-20(25)13-27-16-10-8-14(9-11-16)12-19-21(26)23(22(28)29-19)18-7-3-5-15-4-1-2-6-17(15)18/h1-12H,13H2,(H,24,25)/b19-12-. The van der Waals surface area contributed by atoms with E-state index in [4.69, 9.17) is 22.1 Å². The smallest absolute Gasteiger partial charge is 0.341 e. The lowest BCUT2D eigenvalue weighted by molar-refractivity contribution is -0.139. The fourth-order valence-corrected chi connectivity index (χ4v) is 4.32. The first-order chi connectivity index (χ1) is 14.0. The highest BCUT2D eigenvalue weighted by molar-refractivity contribution is 8.27. The molecular weight excluding hydrogens is 406 g/mol. The number of thiocarbonyl (C=S) groups is 1. The van der Waals surface area contributed by atoms with Gasteiger partial charge in [-0.15, -0.1) is 0 Å². The summed E-state index contributed by atoms with van der Waals surface area (Å²) in [4.78, 5) is 25.7. The first kappa shape index (κ1) is 19.2. The molecule has 1 amide bonds. The zero-order valence-corrected chi connectivity index (χ0v) is 16.7. The molecule has 5 nitrogen and oxygen atoms in total. The second kappa shape index (κ2) is 8.06. The molecule has 0 saturated carbocycles. The Morgan fingerprint density at radius 1 is 1.07 bits per heavy atom. The summed E-state index contributed by atoms with van der Waals surface area (Å²) in [7, 11) is 0. The van der Waals surface area contributed by atoms with E-state index in [1.165, 1.54) is 11.8 Å². The van der Waals surface area contributed by atoms with Gasteiger partial charge in [0.15, 0.2) is 10.9 Å². The number of hydrogen-bond donors (Lipinski definition) is 1. The lowest BCUT2D eigenvalue weighted by atomic mass is 10.1. The molecule has 0 bridgehead atoms. The van der Waals surface area contributed by atoms with E-state index in [2.05, 4.69) is 0 Å². The van der Waals surface area contributed by atoms with Crippen molar-refractivity contribution in [2.75, 3.05) is 11.5 Å². The van der Waals surface area contributed by atoms with Gasteiger partial charge >= 0.3 is 5.97 Å². The number of hydrogen-bond acceptors (Lipinski definition) is 5. The van der Waals surface area contributed by atoms with Crippen LogP contribution in [0, 0.1) is 0 Å². The minimum Gasteiger partial charge on any atom is -0.482 e. The number of carbonyl (C=O) groups excluding carboxylic acids is 1. The van der Waals surface area contributed by atoms with Gasteiger partial charge < -0.3 is 9.84 Å². The summed E-state index contributed by atoms with van der Waals surface area (Å²) in [6.45, 7) is -0.400. The van der Waals surface area contributed by atoms with Crippen LogP contribution in [0.2, 0.25) is 0 Å². The first-order valence-electron chi connectivity index (χ1n) is 8.73. The molecule has 3 aromatic carbocycles. The normalized spacial score (nSPS) is 15.3. The van der Waals surface area contributed by atoms with Gasteiger partial charge in [0.2, 0.25) is 0 Å². The lowest BCUT2D eigenvalue weighted by Crippen LogP contribution is -2.27. The molecule has 1 fully saturated rings. The van der Waals surface area contributed by atoms with Crippen LogP contribution in [0.4, 0.5) is 5.69 Å². The molecule has 0 radical (unpaired) electrons. The van der Waals surface area contributed by atoms with Crippen LogP contribution < -0.4 is 9.64 Å². The second-order valence-corrected chi connectivity index (χ2v) is 7.94. The molecule has 0 atom stereocenters. The molecule has 29 heavy (non-hydrogen) atoms. The average molecular weight is 421 g/mol. The fraction of sp³-hybridized carbons (Fsp3) is 0.0455. The summed E-state index contributed by atoms with van der Waals surface area (Å²) in [6, 6.07) is 20.5. The highest BCUT2D eigenvalue weighted by Gasteiger charge is 2.34. The number of carboxylic acid groups (broad SMARTS) is 1. The second-order valence-electron chi connectivity index (χ2n) is 6.27. The van der Waals surface area contributed by atoms with Crippen molar-refractivity contribution in [1.29, 1.82) is 0 Å². The zero-order chi connectivity index (χ0) is 20.4. The Morgan fingerprint density at radius 3 is 2.55 bits per heavy atom. The molecular formula is C22H15NO4S2. The van der Waals surface area contributed by atoms with Crippen LogP contribution in [0.1, 0.15) is 5.56 Å². The molecule has 0 spiro atoms. The molecule has 1 N–H and O–H groups in total. The van der Waals surface area contributed by atoms with Gasteiger partial charge in [-0.1, -0.05) is 72.5 Å². The van der Waals surface area contributed by atoms with Crippen molar-refractivity contribution in [2.45, 2.75) is 0 Å². The Balaban J connectivity index is 1.60. The van der Waals surface area contributed by atoms with Crippen LogP contribution in [0.5, 0.6) is 5.75 Å². The molecule has 144 valence electrons. The van der Waals surface area contributed by atoms with Crippen molar-refractivity contribution in [2.24, 2.45) is 0 Å². The molecule has 1 saturated heterocycles. The highest BCUT2D eigenvalue weighted by Crippen LogP contribution is 2.38. The number of amides is 1. The number of nitrogens with zero attached hydrogens (tertiary/aromatic N) is 1. The van der Waals surface area contributed by atoms with Crippen molar-refractivity contribution in [3.8, 4) is 5.75 Å². The Bertz CT molecular complexity index is 1150. The van der Waals surface area contributed by atoms with E-state index in [0.29, 0.717) is 15.0 Å². The van der Waals surface area contributed by atoms with Crippen molar-refractivity contribution >= 4 is 62.7 Å². The molecule has 3 aromatic rings. The summed E-state index contributed by atoms with van der Waals surface area (Å²) >= 11 is 6.75. The Kier molecular flexibility index (Phi) is 5.33. The summed E-state index contributed by atoms with van der Waals surface area (Å²) in [6.07, 6.45) is 1.77. The van der Waals surface area contributed by atoms with E-state index in [9.17, 15) is 9.59 Å². The maximum Gasteiger partial charge on any atom is 0.341 e. The number of carbonyl (C=O) groups is 2. The summed E-state index contributed by atoms with van der Waals surface area (Å²) in [5.41, 5.74) is 1.57. The van der Waals surface area contributed by atoms with Crippen molar-refractivity contribution in [3.63, 3.8) is 0 Å². The molecule has 1 heterocycles. The van der Waals surface area contributed by atoms with Crippen LogP contribution in [0.3, 0.4) is 0 Å². The van der Waals surface area contributed by atoms with Crippen LogP contribution in [0.25, 0.3) is 16.8 Å². The number of benzene rings is 3. The Labute approximate surface area is 176 Å². The fourth-order valence-electron chi connectivity index (χ4n) is 3.04. The number of anilines is 1. The van der Waals surface area contributed by atoms with Crippen molar-refractivity contribution < 1.29 is 19.4 Å². The van der Waals surface area contributed by atoms with E-state index < -0.39 is 12.6 Å². The largest absolute Gasteiger partial charge is 0.482 e. The van der Waals surface area contributed by atoms with E-state index in [1.54, 1.807) is 35.2 Å². The van der Waals surface area contributed by atoms with E-state index >= 15 is 0 Å². The van der Waals surface area contributed by atoms with Crippen molar-refractivity contribution in [3.05, 3.63) is 77.2 Å². The van der Waals surface area contributed by atoms with Crippen LogP contribution in [-0.4, -0.2) is 27.9 Å². The number of fused-ring (bicyclic) bond motifs is 1. The highest BCUT2D eigenvalue weighted by atomic mass is 32.2. The number of aliphatic carboxylic acids is 1. The molecule has 0 aliphatic carbocycles. The quantitative estimate of drug-likeness (QED) is 0.475. The van der Waals surface area contributed by atoms with Crippen LogP contribution in [0.15, 0.2) is 71.6 Å². The number of carboxylic acids is 1. The number of ether oxygens (including phenoxy) is 1. The minimum atomic E-state index is -1.04. The lowest BCUT2D eigenvalue weighted by Gasteiger charge is -2.17. The Morgan fingerprint density at radius 2 is 1.79 bits per heavy atom. The van der Waals surface area contributed by atoms with Gasteiger partial charge in [0.1, 0.15) is 5.75 Å². The molecule has 7 heteroatoms. The predicted octanol–water partition coefficient (Wildman–Crippen LogP) is 4.71. The first-order valence-corrected chi connectivity index (χ1v) is 9.96. The van der Waals surface area contributed by atoms with E-state index in [1.807, 2.05) is 42.5 Å². The average Bonchev–Trinajstić information content (AvgIpc) is 3.00. The topological polar surface area (TPSA) is 66.8 Å². The monoisotopic (exact) mass is 421 g/mol. The maximum atomic E-state index is 13.1. The van der Waals surface area contributed by atoms with Gasteiger partial charge in [-0.3, -0.25) is 9.69 Å². The van der Waals surface area contributed by atoms with Crippen LogP contribution in [-0.2, 0) is 9.59 Å². The summed E-state index contributed by atoms with van der Waals surface area (Å²) in [5.74, 6) is -0.749. The predicted molar refractivity (Wildman–Crippen MR) is 119 cm³/mol. The van der Waals surface area contributed by atoms with Gasteiger partial charge in [0.05, 0.1) is 10.6 Å². The molecule has 1 aliphatic rings. The summed E-state index contributed by atoms with van der Waals surface area (Å²) < 4.78 is 5.61. The van der Waals surface area contributed by atoms with Gasteiger partial charge in [-0.25, -0.2) is 4.79 Å². The molecule has 0 aromatic heterocycles. The molecule has 4 rings (SSSR count). The van der Waals surface area contributed by atoms with Crippen LogP contribution >= 0.6 is 24.0 Å². The van der Waals surface area contributed by atoms with E-state index in [0.717, 1.165) is 22.0 Å². The SMILES string of the molecule is O=C(O)COc1ccc(/C=C2\SC(=S)N(c3cccc4ccccc34)C2=O)cc1. The summed E-state index contributed by atoms with van der Waals surface area (Å²) in [5, 5.41) is 10.7. The Hall–Kier alpha value is -3.16. The number of rotatable bonds is 5. The van der Waals surface area contributed by atoms with Gasteiger partial charge in [-0.2, -0.15) is 0 Å². The third-order valence-corrected chi connectivity index (χ3v) is 5.64. The van der Waals surface area contributed by atoms with Gasteiger partial charge in [-0.05, 0) is 35.2 Å². The number of thioether (sulfide) groups is 1. The zero-order valence-electron chi connectivity index (χ0n) is 15.1. The van der Waals surface area contributed by atoms with Gasteiger partial charge in [0.25, 0.3) is 5.91 Å². The maximum absolute atomic E-state index is 13.1. The van der Waals surface area contributed by atoms with Crippen molar-refractivity contribution in [1.82, 2.24) is 0 Å². The molecule has 1 aliphatic heterocycles. The van der Waals surface area contributed by atoms with Gasteiger partial charge in [0, 0.05) is 5.39 Å². The van der Waals surface area contributed by atoms with E-state index in [-0.39, 0.29) is 5.91 Å². The third kappa shape index (κ3) is 4.01. The minimum absolute atomic E-state index is 0.164. The third-order valence-electron chi connectivity index (χ3n) is 4.34.